The molecule has 0 aliphatic heterocycles. The topological polar surface area (TPSA) is 70.1 Å². The molecule has 0 bridgehead atoms. The summed E-state index contributed by atoms with van der Waals surface area (Å²) in [5, 5.41) is 4.16. The maximum absolute atomic E-state index is 13.4. The zero-order valence-electron chi connectivity index (χ0n) is 12.0. The predicted molar refractivity (Wildman–Crippen MR) is 76.4 cm³/mol. The van der Waals surface area contributed by atoms with E-state index in [0.717, 1.165) is 0 Å². The molecule has 0 aliphatic rings. The minimum absolute atomic E-state index is 0.296. The first-order valence-corrected chi connectivity index (χ1v) is 6.75. The zero-order valence-corrected chi connectivity index (χ0v) is 12.0. The van der Waals surface area contributed by atoms with E-state index in [-0.39, 0.29) is 17.9 Å². The highest BCUT2D eigenvalue weighted by molar-refractivity contribution is 5.88. The van der Waals surface area contributed by atoms with Gasteiger partial charge in [0.25, 0.3) is 0 Å². The van der Waals surface area contributed by atoms with Crippen molar-refractivity contribution in [1.29, 1.82) is 0 Å². The minimum atomic E-state index is -0.439. The number of esters is 1. The summed E-state index contributed by atoms with van der Waals surface area (Å²) in [6, 6.07) is 5.53. The molecule has 0 fully saturated rings. The van der Waals surface area contributed by atoms with Crippen molar-refractivity contribution in [2.75, 3.05) is 6.61 Å². The highest BCUT2D eigenvalue weighted by Crippen LogP contribution is 2.22. The smallest absolute Gasteiger partial charge is 0.341 e. The molecule has 112 valence electrons. The standard InChI is InChI=1S/C15H18FN3O2/c1-3-21-15(20)12-8-18-19(9-12)14(10(2)17)11-5-4-6-13(16)7-11/h4-10,14H,3,17H2,1-2H3. The number of carbonyl (C=O) groups is 1. The lowest BCUT2D eigenvalue weighted by atomic mass is 10.0. The van der Waals surface area contributed by atoms with Crippen LogP contribution in [0.4, 0.5) is 4.39 Å². The predicted octanol–water partition coefficient (Wildman–Crippen LogP) is 2.14. The number of hydrogen-bond acceptors (Lipinski definition) is 4. The van der Waals surface area contributed by atoms with Crippen molar-refractivity contribution in [2.45, 2.75) is 25.9 Å². The molecule has 0 radical (unpaired) electrons. The fourth-order valence-electron chi connectivity index (χ4n) is 2.20. The molecule has 0 saturated carbocycles. The highest BCUT2D eigenvalue weighted by atomic mass is 19.1. The van der Waals surface area contributed by atoms with Crippen LogP contribution in [0.5, 0.6) is 0 Å². The van der Waals surface area contributed by atoms with E-state index in [1.54, 1.807) is 36.9 Å². The van der Waals surface area contributed by atoms with Crippen LogP contribution in [0.2, 0.25) is 0 Å². The average molecular weight is 291 g/mol. The molecule has 6 heteroatoms. The summed E-state index contributed by atoms with van der Waals surface area (Å²) >= 11 is 0. The van der Waals surface area contributed by atoms with Gasteiger partial charge in [-0.2, -0.15) is 5.10 Å². The number of benzene rings is 1. The molecule has 0 saturated heterocycles. The third kappa shape index (κ3) is 3.46. The molecule has 1 aromatic heterocycles. The lowest BCUT2D eigenvalue weighted by molar-refractivity contribution is 0.0526. The molecule has 0 amide bonds. The van der Waals surface area contributed by atoms with Crippen LogP contribution in [0.3, 0.4) is 0 Å². The Labute approximate surface area is 122 Å². The second-order valence-electron chi connectivity index (χ2n) is 4.79. The first kappa shape index (κ1) is 15.2. The van der Waals surface area contributed by atoms with E-state index in [1.165, 1.54) is 18.3 Å². The van der Waals surface area contributed by atoms with Crippen molar-refractivity contribution >= 4 is 5.97 Å². The Bertz CT molecular complexity index is 625. The number of rotatable bonds is 5. The largest absolute Gasteiger partial charge is 0.462 e. The van der Waals surface area contributed by atoms with E-state index >= 15 is 0 Å². The quantitative estimate of drug-likeness (QED) is 0.857. The van der Waals surface area contributed by atoms with Crippen LogP contribution in [-0.2, 0) is 4.74 Å². The van der Waals surface area contributed by atoms with Gasteiger partial charge in [-0.3, -0.25) is 4.68 Å². The van der Waals surface area contributed by atoms with Crippen LogP contribution in [-0.4, -0.2) is 28.4 Å². The van der Waals surface area contributed by atoms with Crippen molar-refractivity contribution in [3.8, 4) is 0 Å². The second-order valence-corrected chi connectivity index (χ2v) is 4.79. The van der Waals surface area contributed by atoms with Gasteiger partial charge in [0.1, 0.15) is 5.82 Å². The van der Waals surface area contributed by atoms with E-state index in [1.807, 2.05) is 0 Å². The van der Waals surface area contributed by atoms with Gasteiger partial charge in [-0.05, 0) is 31.5 Å². The third-order valence-corrected chi connectivity index (χ3v) is 3.09. The maximum atomic E-state index is 13.4. The van der Waals surface area contributed by atoms with Crippen LogP contribution in [0.25, 0.3) is 0 Å². The number of nitrogens with zero attached hydrogens (tertiary/aromatic N) is 2. The molecule has 2 atom stereocenters. The monoisotopic (exact) mass is 291 g/mol. The zero-order chi connectivity index (χ0) is 15.4. The van der Waals surface area contributed by atoms with Gasteiger partial charge in [0, 0.05) is 12.2 Å². The molecule has 0 aliphatic carbocycles. The fourth-order valence-corrected chi connectivity index (χ4v) is 2.20. The summed E-state index contributed by atoms with van der Waals surface area (Å²) in [5.41, 5.74) is 7.04. The molecule has 2 rings (SSSR count). The number of hydrogen-bond donors (Lipinski definition) is 1. The number of nitrogens with two attached hydrogens (primary N) is 1. The summed E-state index contributed by atoms with van der Waals surface area (Å²) in [6.45, 7) is 3.84. The van der Waals surface area contributed by atoms with Crippen molar-refractivity contribution in [2.24, 2.45) is 5.73 Å². The molecular formula is C15H18FN3O2. The molecule has 2 unspecified atom stereocenters. The van der Waals surface area contributed by atoms with E-state index in [0.29, 0.717) is 17.7 Å². The molecule has 1 aromatic carbocycles. The van der Waals surface area contributed by atoms with Crippen molar-refractivity contribution in [3.63, 3.8) is 0 Å². The van der Waals surface area contributed by atoms with Crippen LogP contribution in [0.15, 0.2) is 36.7 Å². The second kappa shape index (κ2) is 6.49. The van der Waals surface area contributed by atoms with Crippen LogP contribution >= 0.6 is 0 Å². The Hall–Kier alpha value is -2.21. The molecule has 2 N–H and O–H groups in total. The lowest BCUT2D eigenvalue weighted by Crippen LogP contribution is -2.30. The molecule has 2 aromatic rings. The molecule has 1 heterocycles. The Morgan fingerprint density at radius 1 is 1.52 bits per heavy atom. The van der Waals surface area contributed by atoms with Gasteiger partial charge in [0.15, 0.2) is 0 Å². The van der Waals surface area contributed by atoms with E-state index in [4.69, 9.17) is 10.5 Å². The number of halogens is 1. The highest BCUT2D eigenvalue weighted by Gasteiger charge is 2.21. The summed E-state index contributed by atoms with van der Waals surface area (Å²) in [7, 11) is 0. The van der Waals surface area contributed by atoms with Crippen molar-refractivity contribution in [3.05, 3.63) is 53.6 Å². The van der Waals surface area contributed by atoms with Gasteiger partial charge < -0.3 is 10.5 Å². The van der Waals surface area contributed by atoms with E-state index < -0.39 is 5.97 Å². The summed E-state index contributed by atoms with van der Waals surface area (Å²) in [5.74, 6) is -0.776. The van der Waals surface area contributed by atoms with Gasteiger partial charge >= 0.3 is 5.97 Å². The Morgan fingerprint density at radius 3 is 2.90 bits per heavy atom. The lowest BCUT2D eigenvalue weighted by Gasteiger charge is -2.21. The maximum Gasteiger partial charge on any atom is 0.341 e. The first-order chi connectivity index (χ1) is 10.0. The number of carbonyl (C=O) groups excluding carboxylic acids is 1. The van der Waals surface area contributed by atoms with Gasteiger partial charge in [-0.25, -0.2) is 9.18 Å². The minimum Gasteiger partial charge on any atom is -0.462 e. The van der Waals surface area contributed by atoms with Gasteiger partial charge in [0.2, 0.25) is 0 Å². The Morgan fingerprint density at radius 2 is 2.29 bits per heavy atom. The van der Waals surface area contributed by atoms with Gasteiger partial charge in [0.05, 0.1) is 24.4 Å². The van der Waals surface area contributed by atoms with E-state index in [9.17, 15) is 9.18 Å². The Balaban J connectivity index is 2.33. The fraction of sp³-hybridized carbons (Fsp3) is 0.333. The van der Waals surface area contributed by atoms with Gasteiger partial charge in [-0.1, -0.05) is 12.1 Å². The van der Waals surface area contributed by atoms with E-state index in [2.05, 4.69) is 5.10 Å². The normalized spacial score (nSPS) is 13.7. The van der Waals surface area contributed by atoms with Crippen LogP contribution in [0.1, 0.15) is 35.8 Å². The van der Waals surface area contributed by atoms with Crippen molar-refractivity contribution in [1.82, 2.24) is 9.78 Å². The summed E-state index contributed by atoms with van der Waals surface area (Å²) in [4.78, 5) is 11.7. The number of aromatic nitrogens is 2. The van der Waals surface area contributed by atoms with Gasteiger partial charge in [-0.15, -0.1) is 0 Å². The SMILES string of the molecule is CCOC(=O)c1cnn(C(c2cccc(F)c2)C(C)N)c1. The Kier molecular flexibility index (Phi) is 4.70. The average Bonchev–Trinajstić information content (AvgIpc) is 2.88. The molecule has 21 heavy (non-hydrogen) atoms. The number of ether oxygens (including phenoxy) is 1. The first-order valence-electron chi connectivity index (χ1n) is 6.75. The van der Waals surface area contributed by atoms with Crippen LogP contribution in [0, 0.1) is 5.82 Å². The summed E-state index contributed by atoms with van der Waals surface area (Å²) < 4.78 is 19.9. The molecular weight excluding hydrogens is 273 g/mol. The molecule has 5 nitrogen and oxygen atoms in total. The summed E-state index contributed by atoms with van der Waals surface area (Å²) in [6.07, 6.45) is 2.99. The van der Waals surface area contributed by atoms with Crippen LogP contribution < -0.4 is 5.73 Å². The molecule has 0 spiro atoms. The van der Waals surface area contributed by atoms with Crippen molar-refractivity contribution < 1.29 is 13.9 Å². The third-order valence-electron chi connectivity index (χ3n) is 3.09.